The summed E-state index contributed by atoms with van der Waals surface area (Å²) in [7, 11) is 0. The third-order valence-corrected chi connectivity index (χ3v) is 4.70. The molecule has 0 aromatic heterocycles. The van der Waals surface area contributed by atoms with Gasteiger partial charge < -0.3 is 10.2 Å². The minimum atomic E-state index is -0.0301. The number of likely N-dealkylation sites (tertiary alicyclic amines) is 1. The standard InChI is InChI=1S/C20H29ClN2O/c21-19-11-8-18(9-12-19)10-13-20(24)22-14-4-3-7-17-23-15-5-1-2-6-16-23/h8-13H,1-7,14-17H2,(H,22,24)/b13-10+. The average Bonchev–Trinajstić information content (AvgIpc) is 2.86. The van der Waals surface area contributed by atoms with Gasteiger partial charge in [0.2, 0.25) is 5.91 Å². The van der Waals surface area contributed by atoms with Gasteiger partial charge in [0.15, 0.2) is 0 Å². The molecule has 1 fully saturated rings. The van der Waals surface area contributed by atoms with E-state index in [-0.39, 0.29) is 5.91 Å². The monoisotopic (exact) mass is 348 g/mol. The summed E-state index contributed by atoms with van der Waals surface area (Å²) in [6.45, 7) is 4.51. The van der Waals surface area contributed by atoms with Gasteiger partial charge in [-0.25, -0.2) is 0 Å². The fourth-order valence-corrected chi connectivity index (χ4v) is 3.14. The van der Waals surface area contributed by atoms with Gasteiger partial charge in [-0.2, -0.15) is 0 Å². The normalized spacial score (nSPS) is 16.2. The minimum Gasteiger partial charge on any atom is -0.353 e. The van der Waals surface area contributed by atoms with Gasteiger partial charge in [-0.1, -0.05) is 43.0 Å². The molecule has 0 spiro atoms. The first-order valence-electron chi connectivity index (χ1n) is 9.18. The lowest BCUT2D eigenvalue weighted by molar-refractivity contribution is -0.116. The molecule has 1 heterocycles. The van der Waals surface area contributed by atoms with Crippen LogP contribution < -0.4 is 5.32 Å². The Labute approximate surface area is 151 Å². The Balaban J connectivity index is 1.52. The van der Waals surface area contributed by atoms with Crippen LogP contribution in [0.2, 0.25) is 5.02 Å². The lowest BCUT2D eigenvalue weighted by Gasteiger charge is -2.19. The highest BCUT2D eigenvalue weighted by molar-refractivity contribution is 6.30. The highest BCUT2D eigenvalue weighted by Gasteiger charge is 2.07. The molecule has 24 heavy (non-hydrogen) atoms. The van der Waals surface area contributed by atoms with Crippen LogP contribution in [-0.2, 0) is 4.79 Å². The van der Waals surface area contributed by atoms with E-state index in [1.54, 1.807) is 6.08 Å². The molecular weight excluding hydrogens is 320 g/mol. The first-order chi connectivity index (χ1) is 11.7. The number of nitrogens with one attached hydrogen (secondary N) is 1. The number of halogens is 1. The van der Waals surface area contributed by atoms with Crippen LogP contribution in [0, 0.1) is 0 Å². The number of hydrogen-bond donors (Lipinski definition) is 1. The predicted octanol–water partition coefficient (Wildman–Crippen LogP) is 4.52. The summed E-state index contributed by atoms with van der Waals surface area (Å²) in [6, 6.07) is 7.44. The largest absolute Gasteiger partial charge is 0.353 e. The summed E-state index contributed by atoms with van der Waals surface area (Å²) in [6.07, 6.45) is 12.4. The first kappa shape index (κ1) is 19.0. The zero-order valence-electron chi connectivity index (χ0n) is 14.5. The van der Waals surface area contributed by atoms with Crippen LogP contribution >= 0.6 is 11.6 Å². The molecule has 2 rings (SSSR count). The number of benzene rings is 1. The van der Waals surface area contributed by atoms with Gasteiger partial charge in [-0.05, 0) is 69.1 Å². The van der Waals surface area contributed by atoms with Gasteiger partial charge in [0.1, 0.15) is 0 Å². The van der Waals surface area contributed by atoms with E-state index in [1.807, 2.05) is 30.3 Å². The second-order valence-electron chi connectivity index (χ2n) is 6.49. The Kier molecular flexibility index (Phi) is 8.93. The van der Waals surface area contributed by atoms with Crippen molar-refractivity contribution in [2.75, 3.05) is 26.2 Å². The van der Waals surface area contributed by atoms with E-state index in [4.69, 9.17) is 11.6 Å². The third kappa shape index (κ3) is 7.98. The molecule has 0 atom stereocenters. The fraction of sp³-hybridized carbons (Fsp3) is 0.550. The Morgan fingerprint density at radius 1 is 1.04 bits per heavy atom. The molecule has 1 saturated heterocycles. The zero-order chi connectivity index (χ0) is 17.0. The summed E-state index contributed by atoms with van der Waals surface area (Å²) >= 11 is 5.84. The van der Waals surface area contributed by atoms with Gasteiger partial charge in [0.05, 0.1) is 0 Å². The van der Waals surface area contributed by atoms with Crippen molar-refractivity contribution >= 4 is 23.6 Å². The number of carbonyl (C=O) groups is 1. The molecule has 0 aliphatic carbocycles. The average molecular weight is 349 g/mol. The second-order valence-corrected chi connectivity index (χ2v) is 6.93. The molecule has 1 N–H and O–H groups in total. The van der Waals surface area contributed by atoms with Crippen molar-refractivity contribution in [1.29, 1.82) is 0 Å². The molecule has 1 aliphatic rings. The summed E-state index contributed by atoms with van der Waals surface area (Å²) in [5, 5.41) is 3.65. The van der Waals surface area contributed by atoms with Crippen molar-refractivity contribution in [2.24, 2.45) is 0 Å². The molecular formula is C20H29ClN2O. The molecule has 0 radical (unpaired) electrons. The SMILES string of the molecule is O=C(/C=C/c1ccc(Cl)cc1)NCCCCCN1CCCCCC1. The van der Waals surface area contributed by atoms with E-state index in [0.29, 0.717) is 5.02 Å². The molecule has 1 aromatic rings. The maximum atomic E-state index is 11.8. The topological polar surface area (TPSA) is 32.3 Å². The summed E-state index contributed by atoms with van der Waals surface area (Å²) < 4.78 is 0. The van der Waals surface area contributed by atoms with E-state index in [9.17, 15) is 4.79 Å². The zero-order valence-corrected chi connectivity index (χ0v) is 15.2. The van der Waals surface area contributed by atoms with E-state index in [1.165, 1.54) is 58.2 Å². The van der Waals surface area contributed by atoms with Gasteiger partial charge in [0, 0.05) is 17.6 Å². The smallest absolute Gasteiger partial charge is 0.243 e. The van der Waals surface area contributed by atoms with Gasteiger partial charge in [-0.3, -0.25) is 4.79 Å². The lowest BCUT2D eigenvalue weighted by Crippen LogP contribution is -2.26. The predicted molar refractivity (Wildman–Crippen MR) is 102 cm³/mol. The molecule has 0 unspecified atom stereocenters. The van der Waals surface area contributed by atoms with Crippen molar-refractivity contribution in [3.05, 3.63) is 40.9 Å². The Bertz CT molecular complexity index is 505. The number of unbranched alkanes of at least 4 members (excludes halogenated alkanes) is 2. The van der Waals surface area contributed by atoms with Crippen LogP contribution in [-0.4, -0.2) is 37.0 Å². The van der Waals surface area contributed by atoms with Crippen LogP contribution in [0.5, 0.6) is 0 Å². The summed E-state index contributed by atoms with van der Waals surface area (Å²) in [5.41, 5.74) is 0.979. The Morgan fingerprint density at radius 3 is 2.46 bits per heavy atom. The third-order valence-electron chi connectivity index (χ3n) is 4.45. The van der Waals surface area contributed by atoms with Crippen molar-refractivity contribution in [1.82, 2.24) is 10.2 Å². The summed E-state index contributed by atoms with van der Waals surface area (Å²) in [5.74, 6) is -0.0301. The van der Waals surface area contributed by atoms with E-state index in [2.05, 4.69) is 10.2 Å². The van der Waals surface area contributed by atoms with E-state index < -0.39 is 0 Å². The fourth-order valence-electron chi connectivity index (χ4n) is 3.01. The minimum absolute atomic E-state index is 0.0301. The van der Waals surface area contributed by atoms with Crippen LogP contribution in [0.25, 0.3) is 6.08 Å². The number of hydrogen-bond acceptors (Lipinski definition) is 2. The first-order valence-corrected chi connectivity index (χ1v) is 9.56. The van der Waals surface area contributed by atoms with Gasteiger partial charge >= 0.3 is 0 Å². The number of nitrogens with zero attached hydrogens (tertiary/aromatic N) is 1. The van der Waals surface area contributed by atoms with Crippen molar-refractivity contribution in [3.63, 3.8) is 0 Å². The Hall–Kier alpha value is -1.32. The quantitative estimate of drug-likeness (QED) is 0.553. The van der Waals surface area contributed by atoms with Crippen molar-refractivity contribution in [2.45, 2.75) is 44.9 Å². The molecule has 1 amide bonds. The van der Waals surface area contributed by atoms with Gasteiger partial charge in [0.25, 0.3) is 0 Å². The number of amides is 1. The molecule has 0 bridgehead atoms. The lowest BCUT2D eigenvalue weighted by atomic mass is 10.2. The van der Waals surface area contributed by atoms with Crippen LogP contribution in [0.15, 0.2) is 30.3 Å². The molecule has 0 saturated carbocycles. The van der Waals surface area contributed by atoms with E-state index in [0.717, 1.165) is 18.5 Å². The Morgan fingerprint density at radius 2 is 1.75 bits per heavy atom. The number of rotatable bonds is 8. The summed E-state index contributed by atoms with van der Waals surface area (Å²) in [4.78, 5) is 14.4. The molecule has 1 aliphatic heterocycles. The maximum absolute atomic E-state index is 11.8. The molecule has 1 aromatic carbocycles. The molecule has 4 heteroatoms. The van der Waals surface area contributed by atoms with Gasteiger partial charge in [-0.15, -0.1) is 0 Å². The van der Waals surface area contributed by atoms with E-state index >= 15 is 0 Å². The van der Waals surface area contributed by atoms with Crippen LogP contribution in [0.3, 0.4) is 0 Å². The van der Waals surface area contributed by atoms with Crippen molar-refractivity contribution in [3.8, 4) is 0 Å². The van der Waals surface area contributed by atoms with Crippen LogP contribution in [0.4, 0.5) is 0 Å². The van der Waals surface area contributed by atoms with Crippen molar-refractivity contribution < 1.29 is 4.79 Å². The maximum Gasteiger partial charge on any atom is 0.243 e. The van der Waals surface area contributed by atoms with Crippen LogP contribution in [0.1, 0.15) is 50.5 Å². The molecule has 132 valence electrons. The highest BCUT2D eigenvalue weighted by Crippen LogP contribution is 2.11. The second kappa shape index (κ2) is 11.3. The highest BCUT2D eigenvalue weighted by atomic mass is 35.5. The molecule has 3 nitrogen and oxygen atoms in total. The number of carbonyl (C=O) groups excluding carboxylic acids is 1.